The van der Waals surface area contributed by atoms with Crippen molar-refractivity contribution in [3.63, 3.8) is 0 Å². The van der Waals surface area contributed by atoms with E-state index in [4.69, 9.17) is 9.47 Å². The Morgan fingerprint density at radius 3 is 2.60 bits per heavy atom. The van der Waals surface area contributed by atoms with Crippen molar-refractivity contribution in [3.8, 4) is 11.5 Å². The minimum absolute atomic E-state index is 0.615. The molecule has 3 rings (SSSR count). The van der Waals surface area contributed by atoms with Crippen LogP contribution >= 0.6 is 0 Å². The fourth-order valence-corrected chi connectivity index (χ4v) is 2.58. The molecular formula is C18H23N5O2. The zero-order valence-corrected chi connectivity index (χ0v) is 14.8. The molecule has 0 fully saturated rings. The van der Waals surface area contributed by atoms with E-state index in [0.29, 0.717) is 13.2 Å². The predicted octanol–water partition coefficient (Wildman–Crippen LogP) is 2.88. The van der Waals surface area contributed by atoms with E-state index in [9.17, 15) is 0 Å². The van der Waals surface area contributed by atoms with Crippen LogP contribution in [0, 0.1) is 6.92 Å². The van der Waals surface area contributed by atoms with Crippen molar-refractivity contribution in [2.45, 2.75) is 27.2 Å². The zero-order valence-electron chi connectivity index (χ0n) is 14.8. The van der Waals surface area contributed by atoms with E-state index in [2.05, 4.69) is 26.7 Å². The maximum absolute atomic E-state index is 5.67. The van der Waals surface area contributed by atoms with Crippen molar-refractivity contribution in [2.24, 2.45) is 0 Å². The van der Waals surface area contributed by atoms with Crippen LogP contribution < -0.4 is 14.8 Å². The van der Waals surface area contributed by atoms with Crippen LogP contribution in [0.5, 0.6) is 11.5 Å². The van der Waals surface area contributed by atoms with Gasteiger partial charge in [0.2, 0.25) is 0 Å². The first kappa shape index (κ1) is 17.0. The Kier molecular flexibility index (Phi) is 5.33. The SMILES string of the molecule is CCOc1ccc(CCNc2ccc3nnc(C)n3n2)cc1OCC. The number of rotatable bonds is 8. The Morgan fingerprint density at radius 2 is 1.80 bits per heavy atom. The highest BCUT2D eigenvalue weighted by molar-refractivity contribution is 5.45. The molecule has 1 N–H and O–H groups in total. The number of aromatic nitrogens is 4. The second kappa shape index (κ2) is 7.83. The largest absolute Gasteiger partial charge is 0.490 e. The molecule has 3 aromatic rings. The van der Waals surface area contributed by atoms with Crippen LogP contribution in [0.15, 0.2) is 30.3 Å². The smallest absolute Gasteiger partial charge is 0.178 e. The van der Waals surface area contributed by atoms with E-state index < -0.39 is 0 Å². The zero-order chi connectivity index (χ0) is 17.6. The number of aryl methyl sites for hydroxylation is 1. The van der Waals surface area contributed by atoms with Crippen LogP contribution in [-0.2, 0) is 6.42 Å². The van der Waals surface area contributed by atoms with Crippen LogP contribution in [0.1, 0.15) is 25.2 Å². The normalized spacial score (nSPS) is 10.8. The Bertz CT molecular complexity index is 847. The molecule has 0 radical (unpaired) electrons. The standard InChI is InChI=1S/C18H23N5O2/c1-4-24-15-7-6-14(12-16(15)25-5-2)10-11-19-17-8-9-18-21-20-13(3)23(18)22-17/h6-9,12H,4-5,10-11H2,1-3H3,(H,19,22). The molecule has 2 heterocycles. The molecule has 0 aliphatic carbocycles. The van der Waals surface area contributed by atoms with Gasteiger partial charge < -0.3 is 14.8 Å². The van der Waals surface area contributed by atoms with Crippen molar-refractivity contribution in [3.05, 3.63) is 41.7 Å². The molecule has 0 aliphatic rings. The molecule has 0 saturated heterocycles. The number of benzene rings is 1. The lowest BCUT2D eigenvalue weighted by Crippen LogP contribution is -2.08. The summed E-state index contributed by atoms with van der Waals surface area (Å²) in [5, 5.41) is 15.9. The average molecular weight is 341 g/mol. The summed E-state index contributed by atoms with van der Waals surface area (Å²) in [6, 6.07) is 9.88. The van der Waals surface area contributed by atoms with Crippen LogP contribution in [0.4, 0.5) is 5.82 Å². The van der Waals surface area contributed by atoms with Gasteiger partial charge in [-0.1, -0.05) is 6.07 Å². The molecule has 25 heavy (non-hydrogen) atoms. The molecule has 0 aliphatic heterocycles. The summed E-state index contributed by atoms with van der Waals surface area (Å²) < 4.78 is 13.0. The summed E-state index contributed by atoms with van der Waals surface area (Å²) in [6.07, 6.45) is 0.855. The molecule has 0 atom stereocenters. The van der Waals surface area contributed by atoms with E-state index in [1.807, 2.05) is 45.0 Å². The van der Waals surface area contributed by atoms with Gasteiger partial charge in [0.1, 0.15) is 5.82 Å². The number of hydrogen-bond donors (Lipinski definition) is 1. The monoisotopic (exact) mass is 341 g/mol. The predicted molar refractivity (Wildman–Crippen MR) is 96.5 cm³/mol. The van der Waals surface area contributed by atoms with Crippen molar-refractivity contribution in [1.29, 1.82) is 0 Å². The quantitative estimate of drug-likeness (QED) is 0.679. The molecule has 0 amide bonds. The number of anilines is 1. The summed E-state index contributed by atoms with van der Waals surface area (Å²) in [4.78, 5) is 0. The summed E-state index contributed by atoms with van der Waals surface area (Å²) in [6.45, 7) is 7.82. The third-order valence-electron chi connectivity index (χ3n) is 3.75. The van der Waals surface area contributed by atoms with Gasteiger partial charge >= 0.3 is 0 Å². The molecule has 7 nitrogen and oxygen atoms in total. The maximum atomic E-state index is 5.67. The van der Waals surface area contributed by atoms with Gasteiger partial charge in [0.25, 0.3) is 0 Å². The summed E-state index contributed by atoms with van der Waals surface area (Å²) in [5.41, 5.74) is 1.93. The second-order valence-corrected chi connectivity index (χ2v) is 5.56. The Balaban J connectivity index is 1.64. The highest BCUT2D eigenvalue weighted by Gasteiger charge is 2.07. The van der Waals surface area contributed by atoms with Gasteiger partial charge in [-0.05, 0) is 57.0 Å². The highest BCUT2D eigenvalue weighted by Crippen LogP contribution is 2.28. The van der Waals surface area contributed by atoms with E-state index in [1.54, 1.807) is 4.52 Å². The average Bonchev–Trinajstić information content (AvgIpc) is 2.98. The topological polar surface area (TPSA) is 73.6 Å². The van der Waals surface area contributed by atoms with Crippen LogP contribution in [-0.4, -0.2) is 39.6 Å². The molecule has 0 unspecified atom stereocenters. The lowest BCUT2D eigenvalue weighted by Gasteiger charge is -2.12. The van der Waals surface area contributed by atoms with E-state index in [-0.39, 0.29) is 0 Å². The fourth-order valence-electron chi connectivity index (χ4n) is 2.58. The first-order valence-corrected chi connectivity index (χ1v) is 8.52. The summed E-state index contributed by atoms with van der Waals surface area (Å²) in [5.74, 6) is 3.15. The first-order valence-electron chi connectivity index (χ1n) is 8.52. The van der Waals surface area contributed by atoms with Gasteiger partial charge in [0, 0.05) is 6.54 Å². The van der Waals surface area contributed by atoms with Crippen molar-refractivity contribution < 1.29 is 9.47 Å². The molecule has 0 bridgehead atoms. The van der Waals surface area contributed by atoms with Crippen molar-refractivity contribution in [1.82, 2.24) is 19.8 Å². The van der Waals surface area contributed by atoms with Gasteiger partial charge in [-0.3, -0.25) is 0 Å². The van der Waals surface area contributed by atoms with Crippen LogP contribution in [0.3, 0.4) is 0 Å². The maximum Gasteiger partial charge on any atom is 0.178 e. The number of hydrogen-bond acceptors (Lipinski definition) is 6. The highest BCUT2D eigenvalue weighted by atomic mass is 16.5. The lowest BCUT2D eigenvalue weighted by molar-refractivity contribution is 0.287. The fraction of sp³-hybridized carbons (Fsp3) is 0.389. The minimum Gasteiger partial charge on any atom is -0.490 e. The van der Waals surface area contributed by atoms with E-state index >= 15 is 0 Å². The van der Waals surface area contributed by atoms with Gasteiger partial charge in [-0.15, -0.1) is 15.3 Å². The van der Waals surface area contributed by atoms with Gasteiger partial charge in [0.15, 0.2) is 23.0 Å². The van der Waals surface area contributed by atoms with E-state index in [1.165, 1.54) is 5.56 Å². The van der Waals surface area contributed by atoms with Crippen molar-refractivity contribution in [2.75, 3.05) is 25.1 Å². The summed E-state index contributed by atoms with van der Waals surface area (Å²) in [7, 11) is 0. The Morgan fingerprint density at radius 1 is 1.00 bits per heavy atom. The second-order valence-electron chi connectivity index (χ2n) is 5.56. The molecule has 2 aromatic heterocycles. The minimum atomic E-state index is 0.615. The number of nitrogens with one attached hydrogen (secondary N) is 1. The third-order valence-corrected chi connectivity index (χ3v) is 3.75. The van der Waals surface area contributed by atoms with Crippen LogP contribution in [0.25, 0.3) is 5.65 Å². The van der Waals surface area contributed by atoms with Crippen molar-refractivity contribution >= 4 is 11.5 Å². The first-order chi connectivity index (χ1) is 12.2. The number of ether oxygens (including phenoxy) is 2. The molecular weight excluding hydrogens is 318 g/mol. The Hall–Kier alpha value is -2.83. The van der Waals surface area contributed by atoms with E-state index in [0.717, 1.165) is 41.8 Å². The third kappa shape index (κ3) is 3.99. The van der Waals surface area contributed by atoms with Crippen LogP contribution in [0.2, 0.25) is 0 Å². The number of fused-ring (bicyclic) bond motifs is 1. The molecule has 0 saturated carbocycles. The van der Waals surface area contributed by atoms with Gasteiger partial charge in [-0.2, -0.15) is 4.52 Å². The molecule has 132 valence electrons. The van der Waals surface area contributed by atoms with Gasteiger partial charge in [0.05, 0.1) is 13.2 Å². The Labute approximate surface area is 147 Å². The summed E-state index contributed by atoms with van der Waals surface area (Å²) >= 11 is 0. The molecule has 0 spiro atoms. The number of nitrogens with zero attached hydrogens (tertiary/aromatic N) is 4. The molecule has 7 heteroatoms. The lowest BCUT2D eigenvalue weighted by atomic mass is 10.1. The molecule has 1 aromatic carbocycles. The van der Waals surface area contributed by atoms with Gasteiger partial charge in [-0.25, -0.2) is 0 Å².